The van der Waals surface area contributed by atoms with Crippen LogP contribution in [0.15, 0.2) is 12.0 Å². The third kappa shape index (κ3) is 6.05. The molecule has 0 saturated carbocycles. The van der Waals surface area contributed by atoms with Crippen molar-refractivity contribution in [2.75, 3.05) is 12.4 Å². The summed E-state index contributed by atoms with van der Waals surface area (Å²) in [5, 5.41) is 10.2. The fourth-order valence-electron chi connectivity index (χ4n) is 0.381. The number of aliphatic hydroxyl groups excluding tert-OH is 1. The molecule has 0 aliphatic heterocycles. The third-order valence-corrected chi connectivity index (χ3v) is 1.55. The van der Waals surface area contributed by atoms with Crippen molar-refractivity contribution in [3.05, 3.63) is 12.0 Å². The number of hydrogen-bond donors (Lipinski definition) is 1. The molecule has 0 radical (unpaired) electrons. The average Bonchev–Trinajstić information content (AvgIpc) is 1.81. The van der Waals surface area contributed by atoms with E-state index in [1.54, 1.807) is 11.8 Å². The monoisotopic (exact) mass is 132 g/mol. The summed E-state index contributed by atoms with van der Waals surface area (Å²) >= 11 is 1.70. The molecule has 0 spiro atoms. The summed E-state index contributed by atoms with van der Waals surface area (Å²) in [6, 6.07) is 0. The van der Waals surface area contributed by atoms with Crippen LogP contribution in [-0.4, -0.2) is 17.5 Å². The first-order valence-electron chi connectivity index (χ1n) is 2.75. The number of hydrogen-bond acceptors (Lipinski definition) is 2. The van der Waals surface area contributed by atoms with Crippen LogP contribution in [0.3, 0.4) is 0 Å². The molecular formula is C6H12OS. The lowest BCUT2D eigenvalue weighted by molar-refractivity contribution is 0.287. The van der Waals surface area contributed by atoms with Crippen LogP contribution < -0.4 is 0 Å². The summed E-state index contributed by atoms with van der Waals surface area (Å²) in [4.78, 5) is 0. The first kappa shape index (κ1) is 8.05. The molecule has 48 valence electrons. The van der Waals surface area contributed by atoms with E-state index >= 15 is 0 Å². The number of unbranched alkanes of at least 4 members (excludes halogenated alkanes) is 1. The molecule has 8 heavy (non-hydrogen) atoms. The van der Waals surface area contributed by atoms with E-state index in [2.05, 4.69) is 6.58 Å². The Hall–Kier alpha value is 0.0500. The van der Waals surface area contributed by atoms with Gasteiger partial charge in [-0.1, -0.05) is 6.58 Å². The minimum absolute atomic E-state index is 0.317. The van der Waals surface area contributed by atoms with Crippen LogP contribution in [0.1, 0.15) is 12.8 Å². The van der Waals surface area contributed by atoms with E-state index < -0.39 is 0 Å². The largest absolute Gasteiger partial charge is 0.396 e. The molecule has 0 fully saturated rings. The van der Waals surface area contributed by atoms with Crippen LogP contribution >= 0.6 is 11.8 Å². The summed E-state index contributed by atoms with van der Waals surface area (Å²) < 4.78 is 0. The van der Waals surface area contributed by atoms with Gasteiger partial charge in [-0.25, -0.2) is 0 Å². The summed E-state index contributed by atoms with van der Waals surface area (Å²) in [5.74, 6) is 1.09. The highest BCUT2D eigenvalue weighted by molar-refractivity contribution is 8.02. The lowest BCUT2D eigenvalue weighted by Crippen LogP contribution is -1.83. The Morgan fingerprint density at radius 2 is 2.25 bits per heavy atom. The molecule has 0 rings (SSSR count). The van der Waals surface area contributed by atoms with Crippen LogP contribution in [0.4, 0.5) is 0 Å². The Balaban J connectivity index is 2.62. The van der Waals surface area contributed by atoms with E-state index in [0.29, 0.717) is 6.61 Å². The number of rotatable bonds is 5. The topological polar surface area (TPSA) is 20.2 Å². The van der Waals surface area contributed by atoms with Gasteiger partial charge in [0.15, 0.2) is 0 Å². The summed E-state index contributed by atoms with van der Waals surface area (Å²) in [6.07, 6.45) is 2.01. The van der Waals surface area contributed by atoms with Crippen molar-refractivity contribution < 1.29 is 5.11 Å². The Bertz CT molecular complexity index is 54.5. The molecule has 0 aliphatic carbocycles. The summed E-state index contributed by atoms with van der Waals surface area (Å²) in [5.41, 5.74) is 0. The van der Waals surface area contributed by atoms with Gasteiger partial charge < -0.3 is 5.11 Å². The zero-order valence-electron chi connectivity index (χ0n) is 4.97. The van der Waals surface area contributed by atoms with Gasteiger partial charge in [-0.15, -0.1) is 11.8 Å². The highest BCUT2D eigenvalue weighted by Crippen LogP contribution is 2.03. The van der Waals surface area contributed by atoms with Gasteiger partial charge in [-0.05, 0) is 24.0 Å². The van der Waals surface area contributed by atoms with Crippen molar-refractivity contribution in [3.63, 3.8) is 0 Å². The van der Waals surface area contributed by atoms with Crippen molar-refractivity contribution in [1.29, 1.82) is 0 Å². The predicted molar refractivity (Wildman–Crippen MR) is 39.0 cm³/mol. The second kappa shape index (κ2) is 7.05. The van der Waals surface area contributed by atoms with E-state index in [1.165, 1.54) is 0 Å². The molecule has 0 aliphatic rings. The highest BCUT2D eigenvalue weighted by atomic mass is 32.2. The molecule has 0 bridgehead atoms. The number of aliphatic hydroxyl groups is 1. The van der Waals surface area contributed by atoms with Gasteiger partial charge in [0, 0.05) is 6.61 Å². The first-order valence-corrected chi connectivity index (χ1v) is 3.80. The Morgan fingerprint density at radius 3 is 2.75 bits per heavy atom. The maximum Gasteiger partial charge on any atom is 0.0431 e. The molecular weight excluding hydrogens is 120 g/mol. The van der Waals surface area contributed by atoms with Crippen molar-refractivity contribution in [1.82, 2.24) is 0 Å². The minimum Gasteiger partial charge on any atom is -0.396 e. The second-order valence-corrected chi connectivity index (χ2v) is 2.54. The van der Waals surface area contributed by atoms with Crippen molar-refractivity contribution >= 4 is 11.8 Å². The minimum atomic E-state index is 0.317. The van der Waals surface area contributed by atoms with Crippen molar-refractivity contribution in [2.45, 2.75) is 12.8 Å². The van der Waals surface area contributed by atoms with Crippen LogP contribution in [0.25, 0.3) is 0 Å². The average molecular weight is 132 g/mol. The van der Waals surface area contributed by atoms with Gasteiger partial charge in [0.25, 0.3) is 0 Å². The molecule has 1 N–H and O–H groups in total. The van der Waals surface area contributed by atoms with Gasteiger partial charge in [0.1, 0.15) is 0 Å². The summed E-state index contributed by atoms with van der Waals surface area (Å²) in [7, 11) is 0. The SMILES string of the molecule is C=CSCCCCO. The van der Waals surface area contributed by atoms with Gasteiger partial charge in [0.2, 0.25) is 0 Å². The van der Waals surface area contributed by atoms with Crippen LogP contribution in [0.2, 0.25) is 0 Å². The van der Waals surface area contributed by atoms with Crippen LogP contribution in [0.5, 0.6) is 0 Å². The molecule has 1 nitrogen and oxygen atoms in total. The quantitative estimate of drug-likeness (QED) is 0.574. The van der Waals surface area contributed by atoms with Crippen LogP contribution in [0, 0.1) is 0 Å². The van der Waals surface area contributed by atoms with Crippen molar-refractivity contribution in [3.8, 4) is 0 Å². The lowest BCUT2D eigenvalue weighted by atomic mass is 10.4. The maximum atomic E-state index is 8.33. The fourth-order valence-corrected chi connectivity index (χ4v) is 0.918. The molecule has 0 aromatic rings. The molecule has 0 heterocycles. The standard InChI is InChI=1S/C6H12OS/c1-2-8-6-4-3-5-7/h2,7H,1,3-6H2. The third-order valence-electron chi connectivity index (χ3n) is 0.788. The van der Waals surface area contributed by atoms with E-state index in [4.69, 9.17) is 5.11 Å². The Labute approximate surface area is 54.8 Å². The second-order valence-electron chi connectivity index (χ2n) is 1.47. The lowest BCUT2D eigenvalue weighted by Gasteiger charge is -1.91. The zero-order chi connectivity index (χ0) is 6.24. The van der Waals surface area contributed by atoms with E-state index in [0.717, 1.165) is 18.6 Å². The van der Waals surface area contributed by atoms with Gasteiger partial charge in [-0.3, -0.25) is 0 Å². The zero-order valence-corrected chi connectivity index (χ0v) is 5.78. The number of thioether (sulfide) groups is 1. The first-order chi connectivity index (χ1) is 3.91. The van der Waals surface area contributed by atoms with Gasteiger partial charge in [-0.2, -0.15) is 0 Å². The molecule has 0 saturated heterocycles. The molecule has 2 heteroatoms. The maximum absolute atomic E-state index is 8.33. The predicted octanol–water partition coefficient (Wildman–Crippen LogP) is 1.64. The molecule has 0 unspecified atom stereocenters. The molecule has 0 aromatic heterocycles. The van der Waals surface area contributed by atoms with Crippen LogP contribution in [-0.2, 0) is 0 Å². The molecule has 0 amide bonds. The fraction of sp³-hybridized carbons (Fsp3) is 0.667. The highest BCUT2D eigenvalue weighted by Gasteiger charge is 1.82. The molecule has 0 atom stereocenters. The Kier molecular flexibility index (Phi) is 7.09. The van der Waals surface area contributed by atoms with Crippen molar-refractivity contribution in [2.24, 2.45) is 0 Å². The van der Waals surface area contributed by atoms with E-state index in [1.807, 2.05) is 5.41 Å². The van der Waals surface area contributed by atoms with E-state index in [9.17, 15) is 0 Å². The van der Waals surface area contributed by atoms with E-state index in [-0.39, 0.29) is 0 Å². The van der Waals surface area contributed by atoms with Gasteiger partial charge >= 0.3 is 0 Å². The smallest absolute Gasteiger partial charge is 0.0431 e. The summed E-state index contributed by atoms with van der Waals surface area (Å²) in [6.45, 7) is 3.88. The Morgan fingerprint density at radius 1 is 1.50 bits per heavy atom. The normalized spacial score (nSPS) is 9.12. The van der Waals surface area contributed by atoms with Gasteiger partial charge in [0.05, 0.1) is 0 Å². The molecule has 0 aromatic carbocycles.